The minimum Gasteiger partial charge on any atom is -0.348 e. The Hall–Kier alpha value is -2.76. The highest BCUT2D eigenvalue weighted by molar-refractivity contribution is 6.34. The van der Waals surface area contributed by atoms with Gasteiger partial charge in [0.15, 0.2) is 0 Å². The van der Waals surface area contributed by atoms with Gasteiger partial charge in [0.1, 0.15) is 7.85 Å². The zero-order valence-electron chi connectivity index (χ0n) is 16.3. The van der Waals surface area contributed by atoms with Crippen LogP contribution in [-0.4, -0.2) is 23.3 Å². The van der Waals surface area contributed by atoms with Crippen LogP contribution in [0.5, 0.6) is 0 Å². The number of aromatic amines is 1. The molecule has 1 aliphatic rings. The summed E-state index contributed by atoms with van der Waals surface area (Å²) in [5, 5.41) is 3.96. The molecular weight excluding hydrogens is 337 g/mol. The first-order valence-corrected chi connectivity index (χ1v) is 9.44. The molecule has 0 atom stereocenters. The van der Waals surface area contributed by atoms with E-state index in [0.29, 0.717) is 17.2 Å². The van der Waals surface area contributed by atoms with Crippen LogP contribution in [0.25, 0.3) is 10.9 Å². The normalized spacial score (nSPS) is 13.9. The molecule has 0 radical (unpaired) electrons. The molecule has 4 rings (SSSR count). The molecule has 2 aromatic heterocycles. The molecule has 1 aliphatic carbocycles. The molecule has 3 aromatic rings. The highest BCUT2D eigenvalue weighted by atomic mass is 16.1. The zero-order valence-corrected chi connectivity index (χ0v) is 16.3. The van der Waals surface area contributed by atoms with E-state index in [9.17, 15) is 9.59 Å². The number of H-pyrrole nitrogens is 1. The van der Waals surface area contributed by atoms with Gasteiger partial charge in [-0.2, -0.15) is 0 Å². The summed E-state index contributed by atoms with van der Waals surface area (Å²) in [6.45, 7) is 6.03. The van der Waals surface area contributed by atoms with Crippen LogP contribution < -0.4 is 16.3 Å². The number of pyridine rings is 1. The maximum absolute atomic E-state index is 13.0. The number of carbonyl (C=O) groups is 1. The predicted octanol–water partition coefficient (Wildman–Crippen LogP) is 1.78. The van der Waals surface area contributed by atoms with Crippen molar-refractivity contribution in [3.8, 4) is 0 Å². The van der Waals surface area contributed by atoms with Crippen LogP contribution in [0.1, 0.15) is 51.6 Å². The van der Waals surface area contributed by atoms with Gasteiger partial charge in [0.25, 0.3) is 11.5 Å². The first kappa shape index (κ1) is 17.6. The summed E-state index contributed by atoms with van der Waals surface area (Å²) in [4.78, 5) is 28.0. The molecule has 0 aliphatic heterocycles. The van der Waals surface area contributed by atoms with Crippen LogP contribution in [0.2, 0.25) is 0 Å². The van der Waals surface area contributed by atoms with E-state index in [1.54, 1.807) is 0 Å². The van der Waals surface area contributed by atoms with Crippen molar-refractivity contribution in [1.29, 1.82) is 0 Å². The number of amides is 1. The Morgan fingerprint density at radius 1 is 1.22 bits per heavy atom. The molecule has 6 heteroatoms. The maximum Gasteiger partial charge on any atom is 0.253 e. The smallest absolute Gasteiger partial charge is 0.253 e. The third-order valence-electron chi connectivity index (χ3n) is 5.37. The summed E-state index contributed by atoms with van der Waals surface area (Å²) in [6, 6.07) is 6.58. The Balaban J connectivity index is 1.68. The number of aromatic nitrogens is 2. The third-order valence-corrected chi connectivity index (χ3v) is 5.37. The van der Waals surface area contributed by atoms with E-state index in [1.165, 1.54) is 12.8 Å². The van der Waals surface area contributed by atoms with Gasteiger partial charge in [0.2, 0.25) is 0 Å². The minimum atomic E-state index is -0.141. The van der Waals surface area contributed by atoms with Gasteiger partial charge in [-0.05, 0) is 56.9 Å². The fourth-order valence-electron chi connectivity index (χ4n) is 3.93. The van der Waals surface area contributed by atoms with Crippen molar-refractivity contribution in [2.75, 3.05) is 0 Å². The molecule has 2 N–H and O–H groups in total. The van der Waals surface area contributed by atoms with Crippen molar-refractivity contribution in [1.82, 2.24) is 14.9 Å². The lowest BCUT2D eigenvalue weighted by molar-refractivity contribution is 0.0952. The summed E-state index contributed by atoms with van der Waals surface area (Å²) < 4.78 is 2.31. The van der Waals surface area contributed by atoms with Crippen molar-refractivity contribution in [3.05, 3.63) is 62.7 Å². The minimum absolute atomic E-state index is 0.139. The molecule has 1 amide bonds. The summed E-state index contributed by atoms with van der Waals surface area (Å²) in [5.41, 5.74) is 6.17. The standard InChI is InChI=1S/C21H24BN3O2/c1-11-6-13(3)24-21(27)17(11)9-23-20(26)16-7-14(22)8-18-19(16)12(2)10-25(18)15-4-5-15/h6-8,10,15H,4-5,9,22H2,1-3H3,(H,23,26)(H,24,27). The second kappa shape index (κ2) is 6.45. The molecule has 0 spiro atoms. The lowest BCUT2D eigenvalue weighted by Crippen LogP contribution is -2.28. The van der Waals surface area contributed by atoms with Crippen molar-refractivity contribution >= 4 is 30.1 Å². The number of carbonyl (C=O) groups excluding carboxylic acids is 1. The third kappa shape index (κ3) is 3.20. The number of benzene rings is 1. The fourth-order valence-corrected chi connectivity index (χ4v) is 3.93. The molecule has 1 saturated carbocycles. The summed E-state index contributed by atoms with van der Waals surface area (Å²) in [7, 11) is 2.02. The molecule has 138 valence electrons. The Morgan fingerprint density at radius 2 is 1.96 bits per heavy atom. The average Bonchev–Trinajstić information content (AvgIpc) is 3.37. The van der Waals surface area contributed by atoms with E-state index in [1.807, 2.05) is 33.8 Å². The second-order valence-electron chi connectivity index (χ2n) is 7.78. The van der Waals surface area contributed by atoms with Crippen LogP contribution in [0.15, 0.2) is 29.2 Å². The Bertz CT molecular complexity index is 1120. The summed E-state index contributed by atoms with van der Waals surface area (Å²) in [5.74, 6) is -0.139. The highest BCUT2D eigenvalue weighted by Gasteiger charge is 2.26. The van der Waals surface area contributed by atoms with E-state index in [0.717, 1.165) is 33.2 Å². The molecule has 0 bridgehead atoms. The number of fused-ring (bicyclic) bond motifs is 1. The van der Waals surface area contributed by atoms with E-state index >= 15 is 0 Å². The van der Waals surface area contributed by atoms with Crippen molar-refractivity contribution < 1.29 is 4.79 Å². The molecule has 1 aromatic carbocycles. The molecule has 0 saturated heterocycles. The van der Waals surface area contributed by atoms with Gasteiger partial charge >= 0.3 is 0 Å². The molecule has 2 heterocycles. The first-order chi connectivity index (χ1) is 12.8. The van der Waals surface area contributed by atoms with Crippen LogP contribution in [0, 0.1) is 20.8 Å². The van der Waals surface area contributed by atoms with Crippen molar-refractivity contribution in [2.24, 2.45) is 0 Å². The number of aryl methyl sites for hydroxylation is 3. The molecule has 27 heavy (non-hydrogen) atoms. The second-order valence-corrected chi connectivity index (χ2v) is 7.78. The zero-order chi connectivity index (χ0) is 19.3. The van der Waals surface area contributed by atoms with Gasteiger partial charge in [-0.25, -0.2) is 0 Å². The number of hydrogen-bond donors (Lipinski definition) is 2. The molecule has 5 nitrogen and oxygen atoms in total. The summed E-state index contributed by atoms with van der Waals surface area (Å²) in [6.07, 6.45) is 4.57. The number of rotatable bonds is 4. The van der Waals surface area contributed by atoms with Gasteiger partial charge in [-0.1, -0.05) is 11.5 Å². The first-order valence-electron chi connectivity index (χ1n) is 9.44. The SMILES string of the molecule is Bc1cc(C(=O)NCc2c(C)cc(C)[nH]c2=O)c2c(C)cn(C3CC3)c2c1. The Morgan fingerprint density at radius 3 is 2.63 bits per heavy atom. The Kier molecular flexibility index (Phi) is 4.21. The molecular formula is C21H24BN3O2. The van der Waals surface area contributed by atoms with E-state index < -0.39 is 0 Å². The van der Waals surface area contributed by atoms with E-state index in [-0.39, 0.29) is 18.0 Å². The number of hydrogen-bond acceptors (Lipinski definition) is 2. The van der Waals surface area contributed by atoms with Gasteiger partial charge in [0, 0.05) is 46.5 Å². The van der Waals surface area contributed by atoms with Crippen LogP contribution >= 0.6 is 0 Å². The lowest BCUT2D eigenvalue weighted by Gasteiger charge is -2.11. The maximum atomic E-state index is 13.0. The average molecular weight is 361 g/mol. The predicted molar refractivity (Wildman–Crippen MR) is 111 cm³/mol. The number of nitrogens with zero attached hydrogens (tertiary/aromatic N) is 1. The van der Waals surface area contributed by atoms with Gasteiger partial charge in [-0.3, -0.25) is 9.59 Å². The monoisotopic (exact) mass is 361 g/mol. The van der Waals surface area contributed by atoms with Gasteiger partial charge in [0.05, 0.1) is 0 Å². The quantitative estimate of drug-likeness (QED) is 0.696. The van der Waals surface area contributed by atoms with Gasteiger partial charge in [-0.15, -0.1) is 0 Å². The molecule has 1 fully saturated rings. The van der Waals surface area contributed by atoms with Crippen molar-refractivity contribution in [3.63, 3.8) is 0 Å². The van der Waals surface area contributed by atoms with Crippen LogP contribution in [0.4, 0.5) is 0 Å². The lowest BCUT2D eigenvalue weighted by atomic mass is 9.91. The fraction of sp³-hybridized carbons (Fsp3) is 0.333. The number of nitrogens with one attached hydrogen (secondary N) is 2. The van der Waals surface area contributed by atoms with Crippen LogP contribution in [-0.2, 0) is 6.54 Å². The van der Waals surface area contributed by atoms with E-state index in [4.69, 9.17) is 0 Å². The van der Waals surface area contributed by atoms with Gasteiger partial charge < -0.3 is 14.9 Å². The van der Waals surface area contributed by atoms with Crippen LogP contribution in [0.3, 0.4) is 0 Å². The topological polar surface area (TPSA) is 66.9 Å². The van der Waals surface area contributed by atoms with E-state index in [2.05, 4.69) is 34.1 Å². The summed E-state index contributed by atoms with van der Waals surface area (Å²) >= 11 is 0. The van der Waals surface area contributed by atoms with Crippen molar-refractivity contribution in [2.45, 2.75) is 46.2 Å². The Labute approximate surface area is 159 Å². The largest absolute Gasteiger partial charge is 0.348 e. The molecule has 0 unspecified atom stereocenters. The highest BCUT2D eigenvalue weighted by Crippen LogP contribution is 2.39.